The van der Waals surface area contributed by atoms with Gasteiger partial charge in [-0.1, -0.05) is 0 Å². The lowest BCUT2D eigenvalue weighted by molar-refractivity contribution is -0.0159. The summed E-state index contributed by atoms with van der Waals surface area (Å²) in [6.07, 6.45) is 1.63. The normalized spacial score (nSPS) is 11.4. The lowest BCUT2D eigenvalue weighted by Gasteiger charge is -2.19. The van der Waals surface area contributed by atoms with Gasteiger partial charge in [-0.25, -0.2) is 0 Å². The molecule has 0 radical (unpaired) electrons. The molecule has 0 fully saturated rings. The minimum atomic E-state index is -0.158. The minimum Gasteiger partial charge on any atom is -0.480 e. The Labute approximate surface area is 84.3 Å². The van der Waals surface area contributed by atoms with E-state index in [4.69, 9.17) is 9.47 Å². The van der Waals surface area contributed by atoms with E-state index in [0.717, 1.165) is 5.56 Å². The fraction of sp³-hybridized carbons (Fsp3) is 0.600. The zero-order valence-electron chi connectivity index (χ0n) is 9.07. The van der Waals surface area contributed by atoms with E-state index in [2.05, 4.69) is 10.2 Å². The van der Waals surface area contributed by atoms with Gasteiger partial charge in [0.05, 0.1) is 25.5 Å². The first-order chi connectivity index (χ1) is 6.53. The maximum atomic E-state index is 5.61. The summed E-state index contributed by atoms with van der Waals surface area (Å²) in [6.45, 7) is 6.51. The van der Waals surface area contributed by atoms with Gasteiger partial charge in [0.25, 0.3) is 0 Å². The van der Waals surface area contributed by atoms with Crippen LogP contribution in [0.3, 0.4) is 0 Å². The van der Waals surface area contributed by atoms with Crippen molar-refractivity contribution in [1.29, 1.82) is 0 Å². The number of hydrogen-bond donors (Lipinski definition) is 0. The lowest BCUT2D eigenvalue weighted by atomic mass is 10.2. The first-order valence-corrected chi connectivity index (χ1v) is 4.51. The zero-order valence-corrected chi connectivity index (χ0v) is 9.07. The molecule has 0 unspecified atom stereocenters. The number of methoxy groups -OCH3 is 1. The summed E-state index contributed by atoms with van der Waals surface area (Å²) in [5, 5.41) is 7.58. The van der Waals surface area contributed by atoms with Crippen LogP contribution in [0.25, 0.3) is 0 Å². The molecule has 0 saturated carbocycles. The van der Waals surface area contributed by atoms with E-state index in [1.165, 1.54) is 0 Å². The van der Waals surface area contributed by atoms with Crippen molar-refractivity contribution in [2.24, 2.45) is 0 Å². The molecule has 1 aromatic rings. The van der Waals surface area contributed by atoms with Crippen molar-refractivity contribution in [1.82, 2.24) is 10.2 Å². The third-order valence-corrected chi connectivity index (χ3v) is 1.62. The standard InChI is InChI=1S/C10H16N2O2/c1-10(2,3)14-7-8-5-6-11-12-9(8)13-4/h5-6H,7H2,1-4H3. The van der Waals surface area contributed by atoms with Crippen LogP contribution in [0.4, 0.5) is 0 Å². The Balaban J connectivity index is 2.67. The molecule has 0 bridgehead atoms. The van der Waals surface area contributed by atoms with E-state index < -0.39 is 0 Å². The lowest BCUT2D eigenvalue weighted by Crippen LogP contribution is -2.19. The Kier molecular flexibility index (Phi) is 3.41. The molecule has 4 nitrogen and oxygen atoms in total. The van der Waals surface area contributed by atoms with Crippen molar-refractivity contribution in [2.45, 2.75) is 33.0 Å². The molecule has 1 aromatic heterocycles. The van der Waals surface area contributed by atoms with Crippen LogP contribution in [0.1, 0.15) is 26.3 Å². The second-order valence-electron chi connectivity index (χ2n) is 3.97. The van der Waals surface area contributed by atoms with Crippen LogP contribution in [0.5, 0.6) is 5.88 Å². The van der Waals surface area contributed by atoms with Crippen molar-refractivity contribution in [3.05, 3.63) is 17.8 Å². The van der Waals surface area contributed by atoms with Crippen LogP contribution in [0.2, 0.25) is 0 Å². The highest BCUT2D eigenvalue weighted by molar-refractivity contribution is 5.22. The summed E-state index contributed by atoms with van der Waals surface area (Å²) in [7, 11) is 1.57. The van der Waals surface area contributed by atoms with Crippen LogP contribution in [0.15, 0.2) is 12.3 Å². The van der Waals surface area contributed by atoms with Gasteiger partial charge < -0.3 is 9.47 Å². The van der Waals surface area contributed by atoms with E-state index >= 15 is 0 Å². The van der Waals surface area contributed by atoms with Gasteiger partial charge in [0, 0.05) is 5.56 Å². The first-order valence-electron chi connectivity index (χ1n) is 4.51. The summed E-state index contributed by atoms with van der Waals surface area (Å²) in [6, 6.07) is 1.84. The van der Waals surface area contributed by atoms with Gasteiger partial charge in [0.1, 0.15) is 0 Å². The largest absolute Gasteiger partial charge is 0.480 e. The molecule has 0 aliphatic rings. The molecular weight excluding hydrogens is 180 g/mol. The molecule has 0 aromatic carbocycles. The second kappa shape index (κ2) is 4.37. The summed E-state index contributed by atoms with van der Waals surface area (Å²) in [5.41, 5.74) is 0.756. The number of rotatable bonds is 3. The second-order valence-corrected chi connectivity index (χ2v) is 3.97. The summed E-state index contributed by atoms with van der Waals surface area (Å²) >= 11 is 0. The maximum Gasteiger partial charge on any atom is 0.238 e. The Morgan fingerprint density at radius 1 is 1.36 bits per heavy atom. The number of nitrogens with zero attached hydrogens (tertiary/aromatic N) is 2. The highest BCUT2D eigenvalue weighted by atomic mass is 16.5. The first kappa shape index (κ1) is 10.9. The molecule has 0 amide bonds. The average Bonchev–Trinajstić information content (AvgIpc) is 2.14. The van der Waals surface area contributed by atoms with Crippen LogP contribution < -0.4 is 4.74 Å². The summed E-state index contributed by atoms with van der Waals surface area (Å²) < 4.78 is 10.7. The molecule has 0 saturated heterocycles. The van der Waals surface area contributed by atoms with Gasteiger partial charge in [0.15, 0.2) is 0 Å². The van der Waals surface area contributed by atoms with Crippen molar-refractivity contribution in [2.75, 3.05) is 7.11 Å². The van der Waals surface area contributed by atoms with E-state index in [1.807, 2.05) is 26.8 Å². The van der Waals surface area contributed by atoms with Gasteiger partial charge in [-0.15, -0.1) is 5.10 Å². The van der Waals surface area contributed by atoms with Crippen LogP contribution in [-0.4, -0.2) is 22.9 Å². The maximum absolute atomic E-state index is 5.61. The van der Waals surface area contributed by atoms with Gasteiger partial charge in [-0.3, -0.25) is 0 Å². The topological polar surface area (TPSA) is 44.2 Å². The fourth-order valence-electron chi connectivity index (χ4n) is 0.921. The van der Waals surface area contributed by atoms with Crippen molar-refractivity contribution in [3.8, 4) is 5.88 Å². The quantitative estimate of drug-likeness (QED) is 0.739. The van der Waals surface area contributed by atoms with Crippen molar-refractivity contribution in [3.63, 3.8) is 0 Å². The molecule has 0 atom stereocenters. The molecular formula is C10H16N2O2. The van der Waals surface area contributed by atoms with Gasteiger partial charge in [-0.2, -0.15) is 5.10 Å². The van der Waals surface area contributed by atoms with Crippen molar-refractivity contribution >= 4 is 0 Å². The predicted molar refractivity (Wildman–Crippen MR) is 53.1 cm³/mol. The van der Waals surface area contributed by atoms with Crippen LogP contribution in [0, 0.1) is 0 Å². The Morgan fingerprint density at radius 3 is 2.64 bits per heavy atom. The van der Waals surface area contributed by atoms with Gasteiger partial charge in [-0.05, 0) is 26.8 Å². The molecule has 0 spiro atoms. The number of aromatic nitrogens is 2. The Morgan fingerprint density at radius 2 is 2.07 bits per heavy atom. The zero-order chi connectivity index (χ0) is 10.6. The molecule has 14 heavy (non-hydrogen) atoms. The average molecular weight is 196 g/mol. The predicted octanol–water partition coefficient (Wildman–Crippen LogP) is 1.80. The van der Waals surface area contributed by atoms with E-state index in [1.54, 1.807) is 13.3 Å². The van der Waals surface area contributed by atoms with E-state index in [0.29, 0.717) is 12.5 Å². The molecule has 0 N–H and O–H groups in total. The molecule has 1 heterocycles. The highest BCUT2D eigenvalue weighted by Gasteiger charge is 2.12. The SMILES string of the molecule is COc1nnccc1COC(C)(C)C. The van der Waals surface area contributed by atoms with Crippen molar-refractivity contribution < 1.29 is 9.47 Å². The third-order valence-electron chi connectivity index (χ3n) is 1.62. The van der Waals surface area contributed by atoms with Gasteiger partial charge in [0.2, 0.25) is 5.88 Å². The highest BCUT2D eigenvalue weighted by Crippen LogP contribution is 2.17. The summed E-state index contributed by atoms with van der Waals surface area (Å²) in [4.78, 5) is 0. The summed E-state index contributed by atoms with van der Waals surface area (Å²) in [5.74, 6) is 0.525. The van der Waals surface area contributed by atoms with Crippen LogP contribution in [-0.2, 0) is 11.3 Å². The van der Waals surface area contributed by atoms with E-state index in [-0.39, 0.29) is 5.60 Å². The minimum absolute atomic E-state index is 0.158. The molecule has 78 valence electrons. The molecule has 4 heteroatoms. The number of ether oxygens (including phenoxy) is 2. The smallest absolute Gasteiger partial charge is 0.238 e. The van der Waals surface area contributed by atoms with Crippen LogP contribution >= 0.6 is 0 Å². The monoisotopic (exact) mass is 196 g/mol. The Hall–Kier alpha value is -1.16. The molecule has 0 aliphatic heterocycles. The number of hydrogen-bond acceptors (Lipinski definition) is 4. The fourth-order valence-corrected chi connectivity index (χ4v) is 0.921. The molecule has 1 rings (SSSR count). The Bertz CT molecular complexity index is 294. The van der Waals surface area contributed by atoms with Gasteiger partial charge >= 0.3 is 0 Å². The van der Waals surface area contributed by atoms with E-state index in [9.17, 15) is 0 Å². The molecule has 0 aliphatic carbocycles. The third kappa shape index (κ3) is 3.30.